The lowest BCUT2D eigenvalue weighted by Crippen LogP contribution is -2.45. The van der Waals surface area contributed by atoms with Crippen LogP contribution in [0.15, 0.2) is 12.1 Å². The second-order valence-electron chi connectivity index (χ2n) is 5.49. The van der Waals surface area contributed by atoms with Gasteiger partial charge in [-0.15, -0.1) is 0 Å². The summed E-state index contributed by atoms with van der Waals surface area (Å²) in [5.41, 5.74) is 2.22. The molecule has 1 heterocycles. The molecule has 0 radical (unpaired) electrons. The lowest BCUT2D eigenvalue weighted by molar-refractivity contribution is -0.0152. The Morgan fingerprint density at radius 1 is 1.32 bits per heavy atom. The van der Waals surface area contributed by atoms with Crippen molar-refractivity contribution >= 4 is 0 Å². The molecule has 0 spiro atoms. The first-order valence-electron chi connectivity index (χ1n) is 7.55. The van der Waals surface area contributed by atoms with E-state index in [1.165, 1.54) is 19.3 Å². The zero-order valence-electron chi connectivity index (χ0n) is 12.5. The Labute approximate surface area is 116 Å². The number of nitrogens with one attached hydrogen (secondary N) is 1. The molecule has 0 aromatic carbocycles. The molecule has 0 unspecified atom stereocenters. The average molecular weight is 262 g/mol. The molecule has 1 aromatic rings. The topological polar surface area (TPSA) is 34.1 Å². The number of rotatable bonds is 7. The Bertz CT molecular complexity index is 413. The normalized spacial score (nSPS) is 17.0. The Morgan fingerprint density at radius 2 is 2.11 bits per heavy atom. The number of pyridine rings is 1. The van der Waals surface area contributed by atoms with Crippen molar-refractivity contribution in [1.29, 1.82) is 0 Å². The molecule has 1 saturated carbocycles. The van der Waals surface area contributed by atoms with Crippen LogP contribution in [0.5, 0.6) is 5.75 Å². The van der Waals surface area contributed by atoms with Crippen LogP contribution < -0.4 is 10.1 Å². The summed E-state index contributed by atoms with van der Waals surface area (Å²) in [4.78, 5) is 4.59. The molecule has 106 valence electrons. The molecule has 0 bridgehead atoms. The van der Waals surface area contributed by atoms with Crippen LogP contribution in [0, 0.1) is 6.92 Å². The van der Waals surface area contributed by atoms with Gasteiger partial charge in [0.2, 0.25) is 0 Å². The minimum absolute atomic E-state index is 0.0586. The van der Waals surface area contributed by atoms with E-state index in [0.29, 0.717) is 0 Å². The molecule has 0 aliphatic heterocycles. The molecular weight excluding hydrogens is 236 g/mol. The summed E-state index contributed by atoms with van der Waals surface area (Å²) in [6, 6.07) is 4.14. The van der Waals surface area contributed by atoms with Gasteiger partial charge in [-0.05, 0) is 64.3 Å². The van der Waals surface area contributed by atoms with E-state index in [0.717, 1.165) is 43.1 Å². The van der Waals surface area contributed by atoms with Crippen LogP contribution in [-0.2, 0) is 6.42 Å². The maximum absolute atomic E-state index is 6.36. The van der Waals surface area contributed by atoms with Crippen LogP contribution in [0.3, 0.4) is 0 Å². The van der Waals surface area contributed by atoms with Crippen LogP contribution >= 0.6 is 0 Å². The van der Waals surface area contributed by atoms with Crippen LogP contribution in [0.4, 0.5) is 0 Å². The van der Waals surface area contributed by atoms with Gasteiger partial charge in [0.15, 0.2) is 0 Å². The van der Waals surface area contributed by atoms with Crippen molar-refractivity contribution in [3.05, 3.63) is 23.5 Å². The van der Waals surface area contributed by atoms with E-state index in [1.807, 2.05) is 13.0 Å². The van der Waals surface area contributed by atoms with Crippen LogP contribution in [-0.4, -0.2) is 23.7 Å². The smallest absolute Gasteiger partial charge is 0.141 e. The highest BCUT2D eigenvalue weighted by Crippen LogP contribution is 2.40. The first kappa shape index (κ1) is 14.3. The fraction of sp³-hybridized carbons (Fsp3) is 0.688. The van der Waals surface area contributed by atoms with Crippen molar-refractivity contribution in [3.63, 3.8) is 0 Å². The fourth-order valence-electron chi connectivity index (χ4n) is 2.64. The molecule has 3 nitrogen and oxygen atoms in total. The zero-order valence-corrected chi connectivity index (χ0v) is 12.5. The van der Waals surface area contributed by atoms with Crippen LogP contribution in [0.2, 0.25) is 0 Å². The summed E-state index contributed by atoms with van der Waals surface area (Å²) in [5.74, 6) is 0.990. The monoisotopic (exact) mass is 262 g/mol. The number of nitrogens with zero attached hydrogens (tertiary/aromatic N) is 1. The van der Waals surface area contributed by atoms with E-state index in [1.54, 1.807) is 0 Å². The van der Waals surface area contributed by atoms with Crippen molar-refractivity contribution in [3.8, 4) is 5.75 Å². The minimum atomic E-state index is 0.0586. The number of ether oxygens (including phenoxy) is 1. The van der Waals surface area contributed by atoms with Crippen molar-refractivity contribution in [2.24, 2.45) is 0 Å². The predicted octanol–water partition coefficient (Wildman–Crippen LogP) is 3.25. The zero-order chi connectivity index (χ0) is 13.7. The first-order chi connectivity index (χ1) is 9.19. The molecule has 0 atom stereocenters. The summed E-state index contributed by atoms with van der Waals surface area (Å²) < 4.78 is 6.36. The molecule has 1 aliphatic rings. The van der Waals surface area contributed by atoms with Crippen molar-refractivity contribution < 1.29 is 4.74 Å². The van der Waals surface area contributed by atoms with E-state index >= 15 is 0 Å². The Kier molecular flexibility index (Phi) is 4.81. The van der Waals surface area contributed by atoms with Crippen LogP contribution in [0.25, 0.3) is 0 Å². The minimum Gasteiger partial charge on any atom is -0.485 e. The predicted molar refractivity (Wildman–Crippen MR) is 78.7 cm³/mol. The summed E-state index contributed by atoms with van der Waals surface area (Å²) in [6.07, 6.45) is 5.66. The van der Waals surface area contributed by atoms with Crippen molar-refractivity contribution in [2.75, 3.05) is 13.1 Å². The van der Waals surface area contributed by atoms with E-state index in [-0.39, 0.29) is 5.60 Å². The van der Waals surface area contributed by atoms with Gasteiger partial charge < -0.3 is 10.1 Å². The molecule has 19 heavy (non-hydrogen) atoms. The second-order valence-corrected chi connectivity index (χ2v) is 5.49. The molecule has 1 aliphatic carbocycles. The summed E-state index contributed by atoms with van der Waals surface area (Å²) in [6.45, 7) is 8.39. The third kappa shape index (κ3) is 3.47. The third-order valence-corrected chi connectivity index (χ3v) is 4.01. The van der Waals surface area contributed by atoms with Crippen molar-refractivity contribution in [1.82, 2.24) is 10.3 Å². The standard InChI is InChI=1S/C16H26N2O/c1-4-14-15(8-7-13(3)18-14)19-16(9-6-10-16)11-12-17-5-2/h7-8,17H,4-6,9-12H2,1-3H3. The lowest BCUT2D eigenvalue weighted by atomic mass is 9.77. The maximum Gasteiger partial charge on any atom is 0.141 e. The molecule has 1 N–H and O–H groups in total. The molecule has 0 saturated heterocycles. The fourth-order valence-corrected chi connectivity index (χ4v) is 2.64. The highest BCUT2D eigenvalue weighted by molar-refractivity contribution is 5.30. The maximum atomic E-state index is 6.36. The molecule has 1 fully saturated rings. The SMILES string of the molecule is CCNCCC1(Oc2ccc(C)nc2CC)CCC1. The van der Waals surface area contributed by atoms with Gasteiger partial charge in [-0.2, -0.15) is 0 Å². The van der Waals surface area contributed by atoms with E-state index < -0.39 is 0 Å². The third-order valence-electron chi connectivity index (χ3n) is 4.01. The number of aromatic nitrogens is 1. The number of hydrogen-bond donors (Lipinski definition) is 1. The number of aryl methyl sites for hydroxylation is 2. The average Bonchev–Trinajstić information content (AvgIpc) is 2.37. The summed E-state index contributed by atoms with van der Waals surface area (Å²) >= 11 is 0. The van der Waals surface area contributed by atoms with Gasteiger partial charge in [-0.25, -0.2) is 0 Å². The van der Waals surface area contributed by atoms with Gasteiger partial charge in [0, 0.05) is 5.69 Å². The Hall–Kier alpha value is -1.09. The van der Waals surface area contributed by atoms with Gasteiger partial charge in [-0.3, -0.25) is 4.98 Å². The summed E-state index contributed by atoms with van der Waals surface area (Å²) in [5, 5.41) is 3.40. The first-order valence-corrected chi connectivity index (χ1v) is 7.55. The second kappa shape index (κ2) is 6.38. The van der Waals surface area contributed by atoms with Gasteiger partial charge >= 0.3 is 0 Å². The Balaban J connectivity index is 2.05. The Morgan fingerprint density at radius 3 is 2.68 bits per heavy atom. The van der Waals surface area contributed by atoms with Gasteiger partial charge in [0.25, 0.3) is 0 Å². The summed E-state index contributed by atoms with van der Waals surface area (Å²) in [7, 11) is 0. The van der Waals surface area contributed by atoms with Gasteiger partial charge in [0.05, 0.1) is 5.69 Å². The van der Waals surface area contributed by atoms with E-state index in [9.17, 15) is 0 Å². The quantitative estimate of drug-likeness (QED) is 0.766. The largest absolute Gasteiger partial charge is 0.485 e. The van der Waals surface area contributed by atoms with Crippen molar-refractivity contribution in [2.45, 2.75) is 58.5 Å². The van der Waals surface area contributed by atoms with Gasteiger partial charge in [0.1, 0.15) is 11.4 Å². The molecule has 0 amide bonds. The molecule has 1 aromatic heterocycles. The lowest BCUT2D eigenvalue weighted by Gasteiger charge is -2.42. The van der Waals surface area contributed by atoms with E-state index in [2.05, 4.69) is 30.2 Å². The van der Waals surface area contributed by atoms with E-state index in [4.69, 9.17) is 4.74 Å². The van der Waals surface area contributed by atoms with Crippen LogP contribution in [0.1, 0.15) is 50.9 Å². The molecule has 3 heteroatoms. The number of hydrogen-bond acceptors (Lipinski definition) is 3. The molecule has 2 rings (SSSR count). The highest BCUT2D eigenvalue weighted by atomic mass is 16.5. The highest BCUT2D eigenvalue weighted by Gasteiger charge is 2.39. The van der Waals surface area contributed by atoms with Gasteiger partial charge in [-0.1, -0.05) is 13.8 Å². The molecular formula is C16H26N2O.